The fourth-order valence-electron chi connectivity index (χ4n) is 8.55. The standard InChI is InChI=1S/C42H29F3NO.C13H24O2.Ir/c1-41(2,3)36-21-26(20-25-12-4-5-13-27(25)36)38-22-35(37(24-46-38)42(43,44)45)39-23-34-32-18-9-8-16-30(32)28-14-6-7-15-29(28)31-17-10-11-19-33(31)40(34)47-39;1-5-10(6-2)12(14)9-13(15)11(7-3)8-4;/h4-19,21-24H,1-3H3;9-11,14H,5-8H2,1-4H3;/q-1;;/b;12-9-;. The molecule has 1 aliphatic carbocycles. The molecule has 0 fully saturated rings. The molecule has 0 saturated heterocycles. The second kappa shape index (κ2) is 19.4. The zero-order valence-electron chi connectivity index (χ0n) is 36.8. The number of hydrogen-bond donors (Lipinski definition) is 1. The topological polar surface area (TPSA) is 63.3 Å². The molecular weight excluding hydrogens is 972 g/mol. The molecule has 0 atom stereocenters. The van der Waals surface area contributed by atoms with Gasteiger partial charge in [0.25, 0.3) is 0 Å². The van der Waals surface area contributed by atoms with Crippen LogP contribution in [0.15, 0.2) is 138 Å². The summed E-state index contributed by atoms with van der Waals surface area (Å²) >= 11 is 0. The summed E-state index contributed by atoms with van der Waals surface area (Å²) in [7, 11) is 0. The maximum absolute atomic E-state index is 14.7. The van der Waals surface area contributed by atoms with E-state index in [0.717, 1.165) is 87.2 Å². The molecule has 63 heavy (non-hydrogen) atoms. The number of allylic oxidation sites excluding steroid dienone is 2. The van der Waals surface area contributed by atoms with Gasteiger partial charge in [0.2, 0.25) is 0 Å². The Morgan fingerprint density at radius 2 is 1.16 bits per heavy atom. The van der Waals surface area contributed by atoms with Crippen LogP contribution in [-0.4, -0.2) is 15.9 Å². The average Bonchev–Trinajstić information content (AvgIpc) is 3.71. The van der Waals surface area contributed by atoms with E-state index in [2.05, 4.69) is 44.0 Å². The van der Waals surface area contributed by atoms with E-state index in [1.807, 2.05) is 119 Å². The van der Waals surface area contributed by atoms with Gasteiger partial charge in [-0.25, -0.2) is 0 Å². The molecule has 0 unspecified atom stereocenters. The minimum absolute atomic E-state index is 0. The largest absolute Gasteiger partial charge is 0.512 e. The van der Waals surface area contributed by atoms with Gasteiger partial charge in [-0.1, -0.05) is 156 Å². The molecule has 1 aliphatic rings. The molecule has 0 spiro atoms. The van der Waals surface area contributed by atoms with E-state index in [1.54, 1.807) is 6.07 Å². The Morgan fingerprint density at radius 3 is 1.68 bits per heavy atom. The number of carbonyl (C=O) groups is 1. The molecule has 5 aromatic carbocycles. The number of ketones is 1. The number of aliphatic hydroxyl groups excluding tert-OH is 1. The van der Waals surface area contributed by atoms with Crippen molar-refractivity contribution >= 4 is 16.6 Å². The molecule has 0 aliphatic heterocycles. The van der Waals surface area contributed by atoms with E-state index in [9.17, 15) is 23.1 Å². The number of aliphatic hydroxyl groups is 1. The Balaban J connectivity index is 0.000000356. The molecule has 2 aromatic heterocycles. The van der Waals surface area contributed by atoms with Crippen molar-refractivity contribution in [3.63, 3.8) is 0 Å². The van der Waals surface area contributed by atoms with Gasteiger partial charge in [0.05, 0.1) is 11.3 Å². The summed E-state index contributed by atoms with van der Waals surface area (Å²) in [6.07, 6.45) is 1.17. The van der Waals surface area contributed by atoms with Crippen molar-refractivity contribution < 1.29 is 47.6 Å². The van der Waals surface area contributed by atoms with E-state index in [0.29, 0.717) is 17.0 Å². The fourth-order valence-corrected chi connectivity index (χ4v) is 8.55. The summed E-state index contributed by atoms with van der Waals surface area (Å²) in [6.45, 7) is 14.4. The third-order valence-corrected chi connectivity index (χ3v) is 12.0. The number of nitrogens with zero attached hydrogens (tertiary/aromatic N) is 1. The van der Waals surface area contributed by atoms with Gasteiger partial charge in [-0.15, -0.1) is 29.1 Å². The molecule has 0 amide bonds. The summed E-state index contributed by atoms with van der Waals surface area (Å²) < 4.78 is 50.6. The first-order valence-electron chi connectivity index (χ1n) is 21.6. The number of aromatic nitrogens is 1. The van der Waals surface area contributed by atoms with Crippen LogP contribution in [-0.2, 0) is 36.5 Å². The van der Waals surface area contributed by atoms with E-state index in [1.165, 1.54) is 12.1 Å². The summed E-state index contributed by atoms with van der Waals surface area (Å²) in [4.78, 5) is 16.1. The molecule has 8 heteroatoms. The maximum atomic E-state index is 14.7. The van der Waals surface area contributed by atoms with Crippen LogP contribution in [0.1, 0.15) is 85.3 Å². The molecular formula is C55H53F3IrNO3-. The Bertz CT molecular complexity index is 2680. The van der Waals surface area contributed by atoms with Crippen LogP contribution >= 0.6 is 0 Å². The number of rotatable bonds is 9. The monoisotopic (exact) mass is 1030 g/mol. The summed E-state index contributed by atoms with van der Waals surface area (Å²) in [5.74, 6) is 1.20. The van der Waals surface area contributed by atoms with Gasteiger partial charge in [-0.05, 0) is 65.0 Å². The molecule has 4 nitrogen and oxygen atoms in total. The van der Waals surface area contributed by atoms with E-state index < -0.39 is 11.7 Å². The van der Waals surface area contributed by atoms with Crippen LogP contribution in [0.25, 0.3) is 78.1 Å². The van der Waals surface area contributed by atoms with Crippen molar-refractivity contribution in [1.29, 1.82) is 0 Å². The second-order valence-electron chi connectivity index (χ2n) is 17.0. The predicted octanol–water partition coefficient (Wildman–Crippen LogP) is 16.1. The number of alkyl halides is 3. The van der Waals surface area contributed by atoms with Gasteiger partial charge in [-0.2, -0.15) is 13.2 Å². The summed E-state index contributed by atoms with van der Waals surface area (Å²) in [5.41, 5.74) is 7.39. The second-order valence-corrected chi connectivity index (χ2v) is 17.0. The van der Waals surface area contributed by atoms with Crippen molar-refractivity contribution in [1.82, 2.24) is 4.98 Å². The van der Waals surface area contributed by atoms with Gasteiger partial charge >= 0.3 is 6.18 Å². The Labute approximate surface area is 382 Å². The molecule has 1 radical (unpaired) electrons. The normalized spacial score (nSPS) is 12.3. The number of furan rings is 1. The van der Waals surface area contributed by atoms with Crippen molar-refractivity contribution in [3.8, 4) is 67.3 Å². The van der Waals surface area contributed by atoms with Crippen molar-refractivity contribution in [2.75, 3.05) is 0 Å². The molecule has 0 bridgehead atoms. The van der Waals surface area contributed by atoms with Crippen LogP contribution in [0.3, 0.4) is 0 Å². The first kappa shape index (κ1) is 46.9. The minimum atomic E-state index is -4.66. The SMILES string of the molecule is CC(C)(C)c1cc(-c2cc(-c3cc4c(o3)-c3ccccc3-c3ccccc3-c3ccccc3-4)c(C(F)(F)F)cn2)[c-]c2ccccc12.CCC(CC)C(=O)/C=C(\O)C(CC)CC.[Ir]. The predicted molar refractivity (Wildman–Crippen MR) is 247 cm³/mol. The fraction of sp³-hybridized carbons (Fsp3) is 0.273. The maximum Gasteiger partial charge on any atom is 0.418 e. The third-order valence-electron chi connectivity index (χ3n) is 12.0. The number of halogens is 3. The molecule has 7 aromatic rings. The minimum Gasteiger partial charge on any atom is -0.512 e. The Kier molecular flexibility index (Phi) is 14.5. The number of pyridine rings is 1. The van der Waals surface area contributed by atoms with Gasteiger partial charge in [0.1, 0.15) is 11.5 Å². The van der Waals surface area contributed by atoms with Crippen molar-refractivity contribution in [3.05, 3.63) is 150 Å². The Hall–Kier alpha value is -5.56. The Morgan fingerprint density at radius 1 is 0.667 bits per heavy atom. The number of carbonyl (C=O) groups excluding carboxylic acids is 1. The quantitative estimate of drug-likeness (QED) is 0.0889. The zero-order valence-corrected chi connectivity index (χ0v) is 39.2. The van der Waals surface area contributed by atoms with E-state index >= 15 is 0 Å². The number of fused-ring (bicyclic) bond motifs is 9. The van der Waals surface area contributed by atoms with Crippen molar-refractivity contribution in [2.45, 2.75) is 85.7 Å². The molecule has 2 heterocycles. The van der Waals surface area contributed by atoms with Crippen LogP contribution < -0.4 is 0 Å². The first-order valence-corrected chi connectivity index (χ1v) is 21.6. The van der Waals surface area contributed by atoms with E-state index in [4.69, 9.17) is 4.42 Å². The third kappa shape index (κ3) is 9.68. The molecule has 8 rings (SSSR count). The van der Waals surface area contributed by atoms with Gasteiger partial charge in [0.15, 0.2) is 5.78 Å². The van der Waals surface area contributed by atoms with Crippen LogP contribution in [0, 0.1) is 17.9 Å². The average molecular weight is 1030 g/mol. The number of hydrogen-bond acceptors (Lipinski definition) is 4. The van der Waals surface area contributed by atoms with Crippen LogP contribution in [0.4, 0.5) is 13.2 Å². The summed E-state index contributed by atoms with van der Waals surface area (Å²) in [5, 5.41) is 11.7. The van der Waals surface area contributed by atoms with Crippen LogP contribution in [0.2, 0.25) is 0 Å². The molecule has 1 N–H and O–H groups in total. The zero-order chi connectivity index (χ0) is 44.3. The summed E-state index contributed by atoms with van der Waals surface area (Å²) in [6, 6.07) is 40.6. The number of benzene rings is 5. The van der Waals surface area contributed by atoms with Gasteiger partial charge in [-0.3, -0.25) is 9.78 Å². The first-order chi connectivity index (χ1) is 29.7. The van der Waals surface area contributed by atoms with Crippen molar-refractivity contribution in [2.24, 2.45) is 11.8 Å². The molecule has 0 saturated carbocycles. The van der Waals surface area contributed by atoms with Gasteiger partial charge < -0.3 is 9.52 Å². The smallest absolute Gasteiger partial charge is 0.418 e. The van der Waals surface area contributed by atoms with Gasteiger partial charge in [0, 0.05) is 66.6 Å². The van der Waals surface area contributed by atoms with Crippen LogP contribution in [0.5, 0.6) is 0 Å². The van der Waals surface area contributed by atoms with E-state index in [-0.39, 0.29) is 60.2 Å². The molecule has 327 valence electrons.